The summed E-state index contributed by atoms with van der Waals surface area (Å²) in [4.78, 5) is 0.183. The topological polar surface area (TPSA) is 44.5 Å². The zero-order valence-electron chi connectivity index (χ0n) is 10.9. The third-order valence-electron chi connectivity index (χ3n) is 3.42. The maximum Gasteiger partial charge on any atom is 0.165 e. The Bertz CT molecular complexity index is 467. The number of nitrogens with two attached hydrogens (primary N) is 1. The predicted octanol–water partition coefficient (Wildman–Crippen LogP) is 2.80. The second-order valence-electron chi connectivity index (χ2n) is 4.77. The van der Waals surface area contributed by atoms with Crippen molar-refractivity contribution in [1.29, 1.82) is 0 Å². The summed E-state index contributed by atoms with van der Waals surface area (Å²) in [6, 6.07) is 4.58. The predicted molar refractivity (Wildman–Crippen MR) is 76.0 cm³/mol. The van der Waals surface area contributed by atoms with Gasteiger partial charge >= 0.3 is 0 Å². The fourth-order valence-corrected chi connectivity index (χ4v) is 2.48. The summed E-state index contributed by atoms with van der Waals surface area (Å²) < 4.78 is 24.9. The van der Waals surface area contributed by atoms with E-state index < -0.39 is 5.82 Å². The van der Waals surface area contributed by atoms with Crippen molar-refractivity contribution in [3.8, 4) is 5.75 Å². The van der Waals surface area contributed by atoms with E-state index in [1.54, 1.807) is 19.2 Å². The van der Waals surface area contributed by atoms with E-state index in [0.29, 0.717) is 5.56 Å². The number of rotatable bonds is 4. The van der Waals surface area contributed by atoms with Gasteiger partial charge in [0.2, 0.25) is 0 Å². The van der Waals surface area contributed by atoms with Crippen LogP contribution < -0.4 is 10.5 Å². The molecule has 3 nitrogen and oxygen atoms in total. The summed E-state index contributed by atoms with van der Waals surface area (Å²) >= 11 is 4.81. The van der Waals surface area contributed by atoms with E-state index in [-0.39, 0.29) is 22.9 Å². The zero-order valence-corrected chi connectivity index (χ0v) is 11.7. The van der Waals surface area contributed by atoms with Gasteiger partial charge in [-0.25, -0.2) is 4.39 Å². The quantitative estimate of drug-likeness (QED) is 0.863. The minimum absolute atomic E-state index is 0.00359. The lowest BCUT2D eigenvalue weighted by Gasteiger charge is -2.28. The molecule has 2 rings (SSSR count). The maximum absolute atomic E-state index is 13.9. The van der Waals surface area contributed by atoms with Crippen molar-refractivity contribution >= 4 is 17.2 Å². The number of hydrogen-bond acceptors (Lipinski definition) is 3. The van der Waals surface area contributed by atoms with E-state index >= 15 is 0 Å². The smallest absolute Gasteiger partial charge is 0.165 e. The number of benzene rings is 1. The molecule has 0 bridgehead atoms. The molecule has 5 heteroatoms. The molecule has 1 fully saturated rings. The third kappa shape index (κ3) is 3.64. The molecule has 2 atom stereocenters. The van der Waals surface area contributed by atoms with Crippen molar-refractivity contribution in [2.24, 2.45) is 5.73 Å². The van der Waals surface area contributed by atoms with Crippen molar-refractivity contribution in [2.45, 2.75) is 37.9 Å². The molecule has 0 aromatic heterocycles. The second-order valence-corrected chi connectivity index (χ2v) is 5.21. The fraction of sp³-hybridized carbons (Fsp3) is 0.500. The van der Waals surface area contributed by atoms with Gasteiger partial charge in [0.05, 0.1) is 6.10 Å². The van der Waals surface area contributed by atoms with Gasteiger partial charge in [-0.2, -0.15) is 0 Å². The van der Waals surface area contributed by atoms with Crippen LogP contribution in [-0.4, -0.2) is 24.3 Å². The molecule has 0 heterocycles. The molecule has 0 saturated heterocycles. The van der Waals surface area contributed by atoms with E-state index in [1.165, 1.54) is 6.07 Å². The molecule has 1 aromatic rings. The lowest BCUT2D eigenvalue weighted by molar-refractivity contribution is 0.0197. The Morgan fingerprint density at radius 1 is 1.37 bits per heavy atom. The lowest BCUT2D eigenvalue weighted by Crippen LogP contribution is -2.29. The van der Waals surface area contributed by atoms with Crippen LogP contribution in [0.5, 0.6) is 5.75 Å². The van der Waals surface area contributed by atoms with Gasteiger partial charge in [-0.3, -0.25) is 0 Å². The first kappa shape index (κ1) is 14.2. The Morgan fingerprint density at radius 3 is 2.74 bits per heavy atom. The molecule has 0 aliphatic heterocycles. The van der Waals surface area contributed by atoms with Crippen LogP contribution in [0, 0.1) is 5.82 Å². The molecular weight excluding hydrogens is 265 g/mol. The average Bonchev–Trinajstić information content (AvgIpc) is 2.41. The molecule has 1 saturated carbocycles. The summed E-state index contributed by atoms with van der Waals surface area (Å²) in [5.74, 6) is -0.174. The lowest BCUT2D eigenvalue weighted by atomic mass is 9.95. The molecule has 2 unspecified atom stereocenters. The van der Waals surface area contributed by atoms with Crippen molar-refractivity contribution in [3.05, 3.63) is 29.6 Å². The Kier molecular flexibility index (Phi) is 4.71. The highest BCUT2D eigenvalue weighted by Gasteiger charge is 2.23. The molecule has 1 aliphatic carbocycles. The number of hydrogen-bond donors (Lipinski definition) is 1. The summed E-state index contributed by atoms with van der Waals surface area (Å²) in [5, 5.41) is 0. The molecular formula is C14H18FNO2S. The van der Waals surface area contributed by atoms with Gasteiger partial charge in [0.25, 0.3) is 0 Å². The van der Waals surface area contributed by atoms with Gasteiger partial charge in [-0.05, 0) is 37.5 Å². The first-order valence-electron chi connectivity index (χ1n) is 6.39. The Labute approximate surface area is 117 Å². The number of ether oxygens (including phenoxy) is 2. The number of thiocarbonyl (C=S) groups is 1. The van der Waals surface area contributed by atoms with Crippen LogP contribution in [0.2, 0.25) is 0 Å². The Hall–Kier alpha value is -1.20. The molecule has 19 heavy (non-hydrogen) atoms. The van der Waals surface area contributed by atoms with E-state index in [4.69, 9.17) is 27.4 Å². The Morgan fingerprint density at radius 2 is 2.11 bits per heavy atom. The molecule has 0 radical (unpaired) electrons. The van der Waals surface area contributed by atoms with Gasteiger partial charge in [0.15, 0.2) is 11.6 Å². The largest absolute Gasteiger partial charge is 0.487 e. The summed E-state index contributed by atoms with van der Waals surface area (Å²) in [6.45, 7) is 0. The fourth-order valence-electron chi connectivity index (χ4n) is 2.35. The summed E-state index contributed by atoms with van der Waals surface area (Å²) in [7, 11) is 1.70. The van der Waals surface area contributed by atoms with Crippen LogP contribution in [0.3, 0.4) is 0 Å². The van der Waals surface area contributed by atoms with Crippen LogP contribution in [0.4, 0.5) is 4.39 Å². The van der Waals surface area contributed by atoms with Crippen molar-refractivity contribution in [1.82, 2.24) is 0 Å². The Balaban J connectivity index is 2.04. The molecule has 0 amide bonds. The first-order chi connectivity index (χ1) is 9.10. The van der Waals surface area contributed by atoms with Gasteiger partial charge in [-0.1, -0.05) is 12.2 Å². The first-order valence-corrected chi connectivity index (χ1v) is 6.79. The molecule has 2 N–H and O–H groups in total. The molecule has 1 aliphatic rings. The van der Waals surface area contributed by atoms with E-state index in [0.717, 1.165) is 25.7 Å². The van der Waals surface area contributed by atoms with E-state index in [9.17, 15) is 4.39 Å². The average molecular weight is 283 g/mol. The van der Waals surface area contributed by atoms with Crippen LogP contribution in [-0.2, 0) is 4.74 Å². The third-order valence-corrected chi connectivity index (χ3v) is 3.66. The SMILES string of the molecule is COC1CCCC(Oc2ccc(C(N)=S)cc2F)C1. The van der Waals surface area contributed by atoms with Crippen molar-refractivity contribution in [3.63, 3.8) is 0 Å². The number of methoxy groups -OCH3 is 1. The standard InChI is InChI=1S/C14H18FNO2S/c1-17-10-3-2-4-11(8-10)18-13-6-5-9(14(16)19)7-12(13)15/h5-7,10-11H,2-4,8H2,1H3,(H2,16,19). The number of halogens is 1. The highest BCUT2D eigenvalue weighted by Crippen LogP contribution is 2.27. The van der Waals surface area contributed by atoms with Crippen molar-refractivity contribution < 1.29 is 13.9 Å². The van der Waals surface area contributed by atoms with Crippen LogP contribution in [0.25, 0.3) is 0 Å². The highest BCUT2D eigenvalue weighted by molar-refractivity contribution is 7.80. The molecule has 0 spiro atoms. The summed E-state index contributed by atoms with van der Waals surface area (Å²) in [6.07, 6.45) is 4.01. The van der Waals surface area contributed by atoms with E-state index in [2.05, 4.69) is 0 Å². The van der Waals surface area contributed by atoms with E-state index in [1.807, 2.05) is 0 Å². The normalized spacial score (nSPS) is 23.1. The van der Waals surface area contributed by atoms with Gasteiger partial charge < -0.3 is 15.2 Å². The van der Waals surface area contributed by atoms with Crippen LogP contribution >= 0.6 is 12.2 Å². The second kappa shape index (κ2) is 6.30. The van der Waals surface area contributed by atoms with Crippen LogP contribution in [0.1, 0.15) is 31.2 Å². The summed E-state index contributed by atoms with van der Waals surface area (Å²) in [5.41, 5.74) is 5.97. The monoisotopic (exact) mass is 283 g/mol. The van der Waals surface area contributed by atoms with Gasteiger partial charge in [0, 0.05) is 19.1 Å². The van der Waals surface area contributed by atoms with Crippen LogP contribution in [0.15, 0.2) is 18.2 Å². The molecule has 104 valence electrons. The zero-order chi connectivity index (χ0) is 13.8. The van der Waals surface area contributed by atoms with Gasteiger partial charge in [-0.15, -0.1) is 0 Å². The highest BCUT2D eigenvalue weighted by atomic mass is 32.1. The van der Waals surface area contributed by atoms with Crippen molar-refractivity contribution in [2.75, 3.05) is 7.11 Å². The molecule has 1 aromatic carbocycles. The minimum atomic E-state index is -0.426. The van der Waals surface area contributed by atoms with Gasteiger partial charge in [0.1, 0.15) is 11.1 Å². The maximum atomic E-state index is 13.9. The minimum Gasteiger partial charge on any atom is -0.487 e.